The first-order chi connectivity index (χ1) is 12.7. The molecule has 2 aromatic heterocycles. The van der Waals surface area contributed by atoms with Crippen molar-refractivity contribution in [2.75, 3.05) is 6.54 Å². The molecule has 7 nitrogen and oxygen atoms in total. The van der Waals surface area contributed by atoms with Gasteiger partial charge < -0.3 is 19.7 Å². The van der Waals surface area contributed by atoms with Crippen molar-refractivity contribution in [3.63, 3.8) is 0 Å². The van der Waals surface area contributed by atoms with Crippen LogP contribution in [0.5, 0.6) is 0 Å². The molecule has 1 amide bonds. The molecule has 2 fully saturated rings. The van der Waals surface area contributed by atoms with Gasteiger partial charge in [-0.15, -0.1) is 0 Å². The molecular formula is C19H23N3O4. The summed E-state index contributed by atoms with van der Waals surface area (Å²) in [5, 5.41) is 17.2. The molecule has 1 aliphatic carbocycles. The standard InChI is InChI=1S/C19H23N3O4/c23-16-7-6-14(25-18(16)11-21-19(24)12-4-5-12)9-13-10-17(26-22-13)15-3-1-2-8-20-15/h1-3,8,10,12,14,16,18,23H,4-7,9,11H2,(H,21,24)/t14-,16-,18+/m0/s1. The lowest BCUT2D eigenvalue weighted by molar-refractivity contribution is -0.130. The topological polar surface area (TPSA) is 97.5 Å². The van der Waals surface area contributed by atoms with Gasteiger partial charge >= 0.3 is 0 Å². The van der Waals surface area contributed by atoms with Gasteiger partial charge in [-0.3, -0.25) is 9.78 Å². The Bertz CT molecular complexity index is 744. The molecule has 138 valence electrons. The summed E-state index contributed by atoms with van der Waals surface area (Å²) in [5.41, 5.74) is 1.54. The van der Waals surface area contributed by atoms with Crippen LogP contribution < -0.4 is 5.32 Å². The highest BCUT2D eigenvalue weighted by molar-refractivity contribution is 5.80. The lowest BCUT2D eigenvalue weighted by Gasteiger charge is -2.33. The van der Waals surface area contributed by atoms with E-state index in [9.17, 15) is 9.90 Å². The molecule has 26 heavy (non-hydrogen) atoms. The van der Waals surface area contributed by atoms with Gasteiger partial charge in [-0.25, -0.2) is 0 Å². The van der Waals surface area contributed by atoms with Crippen LogP contribution in [-0.4, -0.2) is 46.0 Å². The first kappa shape index (κ1) is 17.2. The Balaban J connectivity index is 1.33. The van der Waals surface area contributed by atoms with Gasteiger partial charge in [0.15, 0.2) is 5.76 Å². The number of hydrogen-bond acceptors (Lipinski definition) is 6. The highest BCUT2D eigenvalue weighted by Crippen LogP contribution is 2.29. The van der Waals surface area contributed by atoms with Gasteiger partial charge in [-0.05, 0) is 37.8 Å². The number of carbonyl (C=O) groups excluding carboxylic acids is 1. The number of aliphatic hydroxyl groups is 1. The summed E-state index contributed by atoms with van der Waals surface area (Å²) >= 11 is 0. The lowest BCUT2D eigenvalue weighted by Crippen LogP contribution is -2.46. The van der Waals surface area contributed by atoms with Crippen LogP contribution in [-0.2, 0) is 16.0 Å². The van der Waals surface area contributed by atoms with E-state index in [-0.39, 0.29) is 24.0 Å². The Morgan fingerprint density at radius 1 is 1.27 bits per heavy atom. The van der Waals surface area contributed by atoms with E-state index in [1.807, 2.05) is 24.3 Å². The molecule has 4 rings (SSSR count). The van der Waals surface area contributed by atoms with E-state index in [1.54, 1.807) is 6.20 Å². The van der Waals surface area contributed by atoms with Crippen LogP contribution in [0.25, 0.3) is 11.5 Å². The number of pyridine rings is 1. The minimum atomic E-state index is -0.549. The first-order valence-corrected chi connectivity index (χ1v) is 9.17. The van der Waals surface area contributed by atoms with E-state index in [0.717, 1.165) is 30.7 Å². The van der Waals surface area contributed by atoms with Crippen molar-refractivity contribution in [1.29, 1.82) is 0 Å². The molecule has 1 aliphatic heterocycles. The maximum atomic E-state index is 11.8. The van der Waals surface area contributed by atoms with Gasteiger partial charge in [0.05, 0.1) is 17.9 Å². The summed E-state index contributed by atoms with van der Waals surface area (Å²) in [7, 11) is 0. The van der Waals surface area contributed by atoms with Gasteiger partial charge in [0.2, 0.25) is 5.91 Å². The summed E-state index contributed by atoms with van der Waals surface area (Å²) < 4.78 is 11.4. The van der Waals surface area contributed by atoms with Crippen LogP contribution in [0, 0.1) is 5.92 Å². The number of rotatable bonds is 6. The van der Waals surface area contributed by atoms with Crippen molar-refractivity contribution < 1.29 is 19.2 Å². The van der Waals surface area contributed by atoms with Gasteiger partial charge in [-0.1, -0.05) is 11.2 Å². The van der Waals surface area contributed by atoms with Crippen LogP contribution in [0.4, 0.5) is 0 Å². The predicted molar refractivity (Wildman–Crippen MR) is 93.1 cm³/mol. The van der Waals surface area contributed by atoms with E-state index < -0.39 is 6.10 Å². The summed E-state index contributed by atoms with van der Waals surface area (Å²) in [6.45, 7) is 0.352. The number of aromatic nitrogens is 2. The normalized spacial score (nSPS) is 25.8. The van der Waals surface area contributed by atoms with Gasteiger partial charge in [-0.2, -0.15) is 0 Å². The highest BCUT2D eigenvalue weighted by atomic mass is 16.5. The maximum absolute atomic E-state index is 11.8. The summed E-state index contributed by atoms with van der Waals surface area (Å²) in [4.78, 5) is 16.0. The number of nitrogens with one attached hydrogen (secondary N) is 1. The third kappa shape index (κ3) is 4.11. The minimum absolute atomic E-state index is 0.0529. The zero-order valence-electron chi connectivity index (χ0n) is 14.5. The number of nitrogens with zero attached hydrogens (tertiary/aromatic N) is 2. The Hall–Kier alpha value is -2.25. The SMILES string of the molecule is O=C(NC[C@H]1O[C@H](Cc2cc(-c3ccccn3)on2)CC[C@@H]1O)C1CC1. The molecule has 1 saturated carbocycles. The van der Waals surface area contributed by atoms with Gasteiger partial charge in [0, 0.05) is 31.1 Å². The van der Waals surface area contributed by atoms with Crippen LogP contribution in [0.2, 0.25) is 0 Å². The smallest absolute Gasteiger partial charge is 0.223 e. The van der Waals surface area contributed by atoms with Crippen molar-refractivity contribution in [2.24, 2.45) is 5.92 Å². The monoisotopic (exact) mass is 357 g/mol. The Kier molecular flexibility index (Phi) is 4.99. The van der Waals surface area contributed by atoms with E-state index in [0.29, 0.717) is 25.1 Å². The second-order valence-corrected chi connectivity index (χ2v) is 7.06. The molecule has 2 N–H and O–H groups in total. The average molecular weight is 357 g/mol. The third-order valence-corrected chi connectivity index (χ3v) is 4.92. The Morgan fingerprint density at radius 3 is 2.92 bits per heavy atom. The maximum Gasteiger partial charge on any atom is 0.223 e. The molecule has 0 spiro atoms. The van der Waals surface area contributed by atoms with E-state index in [1.165, 1.54) is 0 Å². The summed E-state index contributed by atoms with van der Waals surface area (Å²) in [5.74, 6) is 0.857. The van der Waals surface area contributed by atoms with E-state index in [2.05, 4.69) is 15.5 Å². The van der Waals surface area contributed by atoms with Crippen LogP contribution in [0.1, 0.15) is 31.4 Å². The molecule has 3 atom stereocenters. The fraction of sp³-hybridized carbons (Fsp3) is 0.526. The molecule has 2 aromatic rings. The summed E-state index contributed by atoms with van der Waals surface area (Å²) in [6.07, 6.45) is 4.67. The second-order valence-electron chi connectivity index (χ2n) is 7.06. The number of ether oxygens (including phenoxy) is 1. The van der Waals surface area contributed by atoms with Crippen molar-refractivity contribution in [3.05, 3.63) is 36.2 Å². The zero-order valence-corrected chi connectivity index (χ0v) is 14.5. The molecule has 0 radical (unpaired) electrons. The first-order valence-electron chi connectivity index (χ1n) is 9.17. The van der Waals surface area contributed by atoms with E-state index >= 15 is 0 Å². The fourth-order valence-electron chi connectivity index (χ4n) is 3.24. The molecule has 0 aromatic carbocycles. The van der Waals surface area contributed by atoms with Crippen LogP contribution in [0.3, 0.4) is 0 Å². The average Bonchev–Trinajstić information content (AvgIpc) is 3.42. The molecule has 3 heterocycles. The number of amides is 1. The van der Waals surface area contributed by atoms with Gasteiger partial charge in [0.1, 0.15) is 11.8 Å². The Morgan fingerprint density at radius 2 is 2.15 bits per heavy atom. The second kappa shape index (κ2) is 7.55. The molecule has 7 heteroatoms. The van der Waals surface area contributed by atoms with E-state index in [4.69, 9.17) is 9.26 Å². The molecule has 2 aliphatic rings. The largest absolute Gasteiger partial charge is 0.390 e. The van der Waals surface area contributed by atoms with Crippen LogP contribution >= 0.6 is 0 Å². The molecular weight excluding hydrogens is 334 g/mol. The third-order valence-electron chi connectivity index (χ3n) is 4.92. The van der Waals surface area contributed by atoms with Gasteiger partial charge in [0.25, 0.3) is 0 Å². The van der Waals surface area contributed by atoms with Crippen molar-refractivity contribution in [3.8, 4) is 11.5 Å². The predicted octanol–water partition coefficient (Wildman–Crippen LogP) is 1.71. The zero-order chi connectivity index (χ0) is 17.9. The number of hydrogen-bond donors (Lipinski definition) is 2. The van der Waals surface area contributed by atoms with Crippen molar-refractivity contribution >= 4 is 5.91 Å². The van der Waals surface area contributed by atoms with Crippen molar-refractivity contribution in [1.82, 2.24) is 15.5 Å². The minimum Gasteiger partial charge on any atom is -0.390 e. The van der Waals surface area contributed by atoms with Crippen molar-refractivity contribution in [2.45, 2.75) is 50.4 Å². The van der Waals surface area contributed by atoms with Crippen LogP contribution in [0.15, 0.2) is 35.0 Å². The lowest BCUT2D eigenvalue weighted by atomic mass is 9.98. The number of aliphatic hydroxyl groups excluding tert-OH is 1. The quantitative estimate of drug-likeness (QED) is 0.817. The number of carbonyl (C=O) groups is 1. The molecule has 1 saturated heterocycles. The Labute approximate surface area is 151 Å². The molecule has 0 unspecified atom stereocenters. The summed E-state index contributed by atoms with van der Waals surface area (Å²) in [6, 6.07) is 7.50. The fourth-order valence-corrected chi connectivity index (χ4v) is 3.24. The molecule has 0 bridgehead atoms. The highest BCUT2D eigenvalue weighted by Gasteiger charge is 2.33.